The maximum absolute atomic E-state index is 7.78. The molecule has 1 rings (SSSR count). The van der Waals surface area contributed by atoms with E-state index in [0.717, 1.165) is 4.90 Å². The van der Waals surface area contributed by atoms with Crippen LogP contribution in [0.5, 0.6) is 0 Å². The zero-order chi connectivity index (χ0) is 9.14. The van der Waals surface area contributed by atoms with E-state index in [-0.39, 0.29) is 0 Å². The SMILES string of the molecule is CC(C)[S@](=N)c1ccc(Cl)nc1. The van der Waals surface area contributed by atoms with Gasteiger partial charge in [0.25, 0.3) is 0 Å². The molecule has 1 N–H and O–H groups in total. The van der Waals surface area contributed by atoms with Crippen LogP contribution >= 0.6 is 11.6 Å². The van der Waals surface area contributed by atoms with Crippen LogP contribution in [-0.2, 0) is 10.7 Å². The minimum Gasteiger partial charge on any atom is -0.275 e. The highest BCUT2D eigenvalue weighted by molar-refractivity contribution is 7.86. The number of rotatable bonds is 2. The summed E-state index contributed by atoms with van der Waals surface area (Å²) < 4.78 is 7.78. The van der Waals surface area contributed by atoms with E-state index in [0.29, 0.717) is 10.4 Å². The van der Waals surface area contributed by atoms with Gasteiger partial charge >= 0.3 is 0 Å². The lowest BCUT2D eigenvalue weighted by molar-refractivity contribution is 1.08. The van der Waals surface area contributed by atoms with Gasteiger partial charge in [0.05, 0.1) is 0 Å². The van der Waals surface area contributed by atoms with E-state index < -0.39 is 10.7 Å². The number of aromatic nitrogens is 1. The average molecular weight is 203 g/mol. The van der Waals surface area contributed by atoms with E-state index in [9.17, 15) is 0 Å². The summed E-state index contributed by atoms with van der Waals surface area (Å²) in [5.74, 6) is 0. The predicted molar refractivity (Wildman–Crippen MR) is 52.7 cm³/mol. The number of nitrogens with zero attached hydrogens (tertiary/aromatic N) is 1. The fraction of sp³-hybridized carbons (Fsp3) is 0.375. The number of pyridine rings is 1. The molecule has 0 bridgehead atoms. The molecule has 0 aliphatic heterocycles. The van der Waals surface area contributed by atoms with Gasteiger partial charge < -0.3 is 0 Å². The van der Waals surface area contributed by atoms with Crippen LogP contribution in [0.4, 0.5) is 0 Å². The Morgan fingerprint density at radius 3 is 2.58 bits per heavy atom. The Labute approximate surface area is 79.9 Å². The summed E-state index contributed by atoms with van der Waals surface area (Å²) in [6.07, 6.45) is 1.68. The first-order valence-corrected chi connectivity index (χ1v) is 5.33. The van der Waals surface area contributed by atoms with Crippen molar-refractivity contribution in [3.05, 3.63) is 23.5 Å². The number of hydrogen-bond donors (Lipinski definition) is 1. The quantitative estimate of drug-likeness (QED) is 0.736. The Kier molecular flexibility index (Phi) is 3.23. The van der Waals surface area contributed by atoms with Crippen molar-refractivity contribution < 1.29 is 0 Å². The van der Waals surface area contributed by atoms with Crippen LogP contribution in [-0.4, -0.2) is 10.2 Å². The molecule has 0 fully saturated rings. The molecule has 0 aliphatic rings. The van der Waals surface area contributed by atoms with Crippen LogP contribution in [0.1, 0.15) is 13.8 Å². The third kappa shape index (κ3) is 2.29. The summed E-state index contributed by atoms with van der Waals surface area (Å²) in [5.41, 5.74) is 0. The van der Waals surface area contributed by atoms with Crippen molar-refractivity contribution in [1.29, 1.82) is 4.78 Å². The maximum Gasteiger partial charge on any atom is 0.129 e. The monoisotopic (exact) mass is 202 g/mol. The first kappa shape index (κ1) is 9.68. The zero-order valence-corrected chi connectivity index (χ0v) is 8.62. The van der Waals surface area contributed by atoms with E-state index in [1.165, 1.54) is 0 Å². The average Bonchev–Trinajstić information content (AvgIpc) is 2.04. The molecule has 2 nitrogen and oxygen atoms in total. The molecule has 0 amide bonds. The summed E-state index contributed by atoms with van der Waals surface area (Å²) in [5, 5.41) is 0.826. The van der Waals surface area contributed by atoms with E-state index >= 15 is 0 Å². The van der Waals surface area contributed by atoms with E-state index in [2.05, 4.69) is 4.98 Å². The van der Waals surface area contributed by atoms with Gasteiger partial charge in [-0.25, -0.2) is 4.98 Å². The van der Waals surface area contributed by atoms with Crippen LogP contribution in [0.2, 0.25) is 5.15 Å². The Morgan fingerprint density at radius 2 is 2.17 bits per heavy atom. The van der Waals surface area contributed by atoms with Crippen LogP contribution in [0, 0.1) is 4.78 Å². The van der Waals surface area contributed by atoms with Crippen molar-refractivity contribution in [3.8, 4) is 0 Å². The van der Waals surface area contributed by atoms with Crippen molar-refractivity contribution in [2.75, 3.05) is 0 Å². The molecule has 0 spiro atoms. The summed E-state index contributed by atoms with van der Waals surface area (Å²) in [4.78, 5) is 4.89. The van der Waals surface area contributed by atoms with Crippen LogP contribution in [0.3, 0.4) is 0 Å². The third-order valence-corrected chi connectivity index (χ3v) is 3.34. The molecule has 1 atom stereocenters. The smallest absolute Gasteiger partial charge is 0.129 e. The van der Waals surface area contributed by atoms with Gasteiger partial charge in [-0.15, -0.1) is 0 Å². The summed E-state index contributed by atoms with van der Waals surface area (Å²) in [6, 6.07) is 3.60. The van der Waals surface area contributed by atoms with Gasteiger partial charge in [-0.05, 0) is 12.1 Å². The normalized spacial score (nSPS) is 13.3. The summed E-state index contributed by atoms with van der Waals surface area (Å²) >= 11 is 5.63. The molecule has 0 aliphatic carbocycles. The Hall–Kier alpha value is -0.410. The predicted octanol–water partition coefficient (Wildman–Crippen LogP) is 2.88. The molecule has 4 heteroatoms. The molecule has 0 unspecified atom stereocenters. The van der Waals surface area contributed by atoms with Gasteiger partial charge in [-0.1, -0.05) is 36.1 Å². The molecule has 1 aromatic heterocycles. The summed E-state index contributed by atoms with van der Waals surface area (Å²) in [6.45, 7) is 4.06. The molecule has 1 heterocycles. The largest absolute Gasteiger partial charge is 0.275 e. The Balaban J connectivity index is 2.90. The van der Waals surface area contributed by atoms with Gasteiger partial charge in [-0.3, -0.25) is 4.78 Å². The summed E-state index contributed by atoms with van der Waals surface area (Å²) in [7, 11) is -0.465. The highest BCUT2D eigenvalue weighted by atomic mass is 35.5. The standard InChI is InChI=1S/C8H11ClN2S/c1-6(2)12(10)7-3-4-8(9)11-5-7/h3-6,10H,1-2H3/t12-/m0/s1. The number of halogens is 1. The molecule has 66 valence electrons. The minimum absolute atomic E-state index is 0.341. The zero-order valence-electron chi connectivity index (χ0n) is 7.04. The van der Waals surface area contributed by atoms with E-state index in [1.54, 1.807) is 12.3 Å². The van der Waals surface area contributed by atoms with Gasteiger partial charge in [0.1, 0.15) is 5.15 Å². The second-order valence-corrected chi connectivity index (χ2v) is 5.18. The van der Waals surface area contributed by atoms with Gasteiger partial charge in [0.2, 0.25) is 0 Å². The molecule has 12 heavy (non-hydrogen) atoms. The maximum atomic E-state index is 7.78. The number of hydrogen-bond acceptors (Lipinski definition) is 2. The second kappa shape index (κ2) is 4.01. The first-order valence-electron chi connectivity index (χ1n) is 3.67. The van der Waals surface area contributed by atoms with Gasteiger partial charge in [0, 0.05) is 16.3 Å². The Bertz CT molecular complexity index is 282. The van der Waals surface area contributed by atoms with Crippen molar-refractivity contribution >= 4 is 22.3 Å². The number of nitrogens with one attached hydrogen (secondary N) is 1. The lowest BCUT2D eigenvalue weighted by atomic mass is 10.5. The fourth-order valence-corrected chi connectivity index (χ4v) is 1.80. The topological polar surface area (TPSA) is 36.7 Å². The van der Waals surface area contributed by atoms with Crippen molar-refractivity contribution in [2.24, 2.45) is 0 Å². The second-order valence-electron chi connectivity index (χ2n) is 2.70. The lowest BCUT2D eigenvalue weighted by Gasteiger charge is -2.07. The van der Waals surface area contributed by atoms with E-state index in [4.69, 9.17) is 16.4 Å². The molecule has 0 saturated carbocycles. The van der Waals surface area contributed by atoms with Crippen molar-refractivity contribution in [1.82, 2.24) is 4.98 Å². The highest BCUT2D eigenvalue weighted by Crippen LogP contribution is 2.12. The first-order chi connectivity index (χ1) is 5.61. The lowest BCUT2D eigenvalue weighted by Crippen LogP contribution is -2.04. The fourth-order valence-electron chi connectivity index (χ4n) is 0.765. The van der Waals surface area contributed by atoms with E-state index in [1.807, 2.05) is 19.9 Å². The highest BCUT2D eigenvalue weighted by Gasteiger charge is 2.03. The molecular weight excluding hydrogens is 192 g/mol. The van der Waals surface area contributed by atoms with Crippen molar-refractivity contribution in [2.45, 2.75) is 24.0 Å². The molecule has 0 radical (unpaired) electrons. The molecule has 0 saturated heterocycles. The molecular formula is C8H11ClN2S. The third-order valence-electron chi connectivity index (χ3n) is 1.43. The molecule has 1 aromatic rings. The Morgan fingerprint density at radius 1 is 1.50 bits per heavy atom. The van der Waals surface area contributed by atoms with Crippen molar-refractivity contribution in [3.63, 3.8) is 0 Å². The molecule has 0 aromatic carbocycles. The van der Waals surface area contributed by atoms with Crippen LogP contribution < -0.4 is 0 Å². The van der Waals surface area contributed by atoms with Gasteiger partial charge in [-0.2, -0.15) is 0 Å². The van der Waals surface area contributed by atoms with Crippen LogP contribution in [0.15, 0.2) is 23.2 Å². The van der Waals surface area contributed by atoms with Crippen LogP contribution in [0.25, 0.3) is 0 Å². The minimum atomic E-state index is -0.465. The van der Waals surface area contributed by atoms with Gasteiger partial charge in [0.15, 0.2) is 0 Å².